The first-order chi connectivity index (χ1) is 6.49. The third kappa shape index (κ3) is 5.20. The molecule has 0 atom stereocenters. The summed E-state index contributed by atoms with van der Waals surface area (Å²) < 4.78 is 1.14. The van der Waals surface area contributed by atoms with Gasteiger partial charge in [-0.15, -0.1) is 0 Å². The maximum atomic E-state index is 9.21. The smallest absolute Gasteiger partial charge is 0.218 e. The van der Waals surface area contributed by atoms with E-state index in [1.807, 2.05) is 24.3 Å². The molecule has 0 N–H and O–H groups in total. The summed E-state index contributed by atoms with van der Waals surface area (Å²) in [5.41, 5.74) is 2.44. The molecule has 0 aliphatic carbocycles. The van der Waals surface area contributed by atoms with Crippen LogP contribution in [0.2, 0.25) is 0 Å². The Morgan fingerprint density at radius 1 is 1.57 bits per heavy atom. The summed E-state index contributed by atoms with van der Waals surface area (Å²) in [5.74, 6) is 0. The van der Waals surface area contributed by atoms with Gasteiger partial charge in [-0.3, -0.25) is 4.79 Å². The number of carbonyl (C=O) groups excluding carboxylic acids is 1. The lowest BCUT2D eigenvalue weighted by atomic mass is 10.1. The molecule has 76 valence electrons. The topological polar surface area (TPSA) is 17.1 Å². The van der Waals surface area contributed by atoms with Crippen molar-refractivity contribution >= 4 is 38.8 Å². The van der Waals surface area contributed by atoms with Gasteiger partial charge < -0.3 is 0 Å². The van der Waals surface area contributed by atoms with E-state index in [0.717, 1.165) is 4.47 Å². The number of halogens is 2. The lowest BCUT2D eigenvalue weighted by Gasteiger charge is -2.00. The largest absolute Gasteiger partial charge is 0.282 e. The average molecular weight is 276 g/mol. The van der Waals surface area contributed by atoms with E-state index in [0.29, 0.717) is 0 Å². The first-order valence-corrected chi connectivity index (χ1v) is 5.19. The predicted octanol–water partition coefficient (Wildman–Crippen LogP) is 4.17. The maximum Gasteiger partial charge on any atom is 0.218 e. The number of hydrogen-bond donors (Lipinski definition) is 0. The molecule has 1 rings (SSSR count). The van der Waals surface area contributed by atoms with Crippen molar-refractivity contribution in [1.82, 2.24) is 0 Å². The van der Waals surface area contributed by atoms with Crippen molar-refractivity contribution in [3.8, 4) is 0 Å². The molecule has 0 amide bonds. The van der Waals surface area contributed by atoms with Gasteiger partial charge in [-0.25, -0.2) is 0 Å². The van der Waals surface area contributed by atoms with Crippen LogP contribution in [0, 0.1) is 6.92 Å². The lowest BCUT2D eigenvalue weighted by Crippen LogP contribution is -1.79. The van der Waals surface area contributed by atoms with E-state index in [1.165, 1.54) is 18.1 Å². The first kappa shape index (κ1) is 13.4. The van der Waals surface area contributed by atoms with E-state index in [1.54, 1.807) is 0 Å². The summed E-state index contributed by atoms with van der Waals surface area (Å²) in [6.45, 7) is 7.08. The molecule has 0 unspecified atom stereocenters. The van der Waals surface area contributed by atoms with Crippen molar-refractivity contribution < 1.29 is 4.79 Å². The van der Waals surface area contributed by atoms with Crippen molar-refractivity contribution in [2.24, 2.45) is 0 Å². The molecule has 0 saturated carbocycles. The molecule has 0 fully saturated rings. The number of carbonyl (C=O) groups is 1. The molecular formula is C11H12BrClO. The Bertz CT molecular complexity index is 330. The third-order valence-electron chi connectivity index (χ3n) is 1.53. The van der Waals surface area contributed by atoms with Crippen LogP contribution in [0.1, 0.15) is 18.1 Å². The van der Waals surface area contributed by atoms with Gasteiger partial charge in [0.15, 0.2) is 0 Å². The predicted molar refractivity (Wildman–Crippen MR) is 65.5 cm³/mol. The van der Waals surface area contributed by atoms with Crippen LogP contribution in [0.15, 0.2) is 29.3 Å². The molecule has 0 heterocycles. The molecule has 0 spiro atoms. The summed E-state index contributed by atoms with van der Waals surface area (Å²) in [7, 11) is 0. The van der Waals surface area contributed by atoms with Gasteiger partial charge in [-0.2, -0.15) is 0 Å². The van der Waals surface area contributed by atoms with E-state index >= 15 is 0 Å². The van der Waals surface area contributed by atoms with Crippen molar-refractivity contribution in [2.45, 2.75) is 13.8 Å². The Morgan fingerprint density at radius 3 is 2.43 bits per heavy atom. The summed E-state index contributed by atoms with van der Waals surface area (Å²) in [6.07, 6.45) is 1.86. The zero-order valence-electron chi connectivity index (χ0n) is 8.18. The standard InChI is InChI=1S/C9H9Br.C2H3ClO/c1-3-8-5-4-6-9(10)7(8)2;1-2(3)4/h3-6H,1H2,2H3;1H3. The van der Waals surface area contributed by atoms with Crippen molar-refractivity contribution in [1.29, 1.82) is 0 Å². The Kier molecular flexibility index (Phi) is 6.50. The number of rotatable bonds is 1. The minimum atomic E-state index is -0.361. The Hall–Kier alpha value is -0.600. The molecule has 0 aromatic heterocycles. The van der Waals surface area contributed by atoms with Crippen LogP contribution < -0.4 is 0 Å². The minimum Gasteiger partial charge on any atom is -0.282 e. The Morgan fingerprint density at radius 2 is 2.07 bits per heavy atom. The second-order valence-electron chi connectivity index (χ2n) is 2.63. The fourth-order valence-corrected chi connectivity index (χ4v) is 1.23. The number of hydrogen-bond acceptors (Lipinski definition) is 1. The lowest BCUT2D eigenvalue weighted by molar-refractivity contribution is -0.109. The summed E-state index contributed by atoms with van der Waals surface area (Å²) in [4.78, 5) is 9.21. The zero-order valence-corrected chi connectivity index (χ0v) is 10.5. The first-order valence-electron chi connectivity index (χ1n) is 4.02. The van der Waals surface area contributed by atoms with Crippen molar-refractivity contribution in [2.75, 3.05) is 0 Å². The van der Waals surface area contributed by atoms with Crippen LogP contribution in [-0.4, -0.2) is 5.24 Å². The highest BCUT2D eigenvalue weighted by Crippen LogP contribution is 2.19. The number of benzene rings is 1. The minimum absolute atomic E-state index is 0.361. The van der Waals surface area contributed by atoms with Gasteiger partial charge in [0.1, 0.15) is 0 Å². The summed E-state index contributed by atoms with van der Waals surface area (Å²) in [6, 6.07) is 6.09. The monoisotopic (exact) mass is 274 g/mol. The van der Waals surface area contributed by atoms with Crippen LogP contribution >= 0.6 is 27.5 Å². The molecule has 0 radical (unpaired) electrons. The summed E-state index contributed by atoms with van der Waals surface area (Å²) in [5, 5.41) is -0.361. The molecule has 0 aliphatic rings. The fraction of sp³-hybridized carbons (Fsp3) is 0.182. The van der Waals surface area contributed by atoms with Crippen LogP contribution in [0.4, 0.5) is 0 Å². The van der Waals surface area contributed by atoms with E-state index in [9.17, 15) is 4.79 Å². The van der Waals surface area contributed by atoms with Gasteiger partial charge in [0, 0.05) is 11.4 Å². The van der Waals surface area contributed by atoms with Crippen LogP contribution in [0.5, 0.6) is 0 Å². The Labute approximate surface area is 97.9 Å². The normalized spacial score (nSPS) is 8.57. The SMILES string of the molecule is C=Cc1cccc(Br)c1C.CC(=O)Cl. The van der Waals surface area contributed by atoms with E-state index < -0.39 is 0 Å². The zero-order chi connectivity index (χ0) is 11.1. The molecule has 3 heteroatoms. The molecule has 1 aromatic rings. The van der Waals surface area contributed by atoms with Crippen molar-refractivity contribution in [3.63, 3.8) is 0 Å². The van der Waals surface area contributed by atoms with E-state index in [4.69, 9.17) is 0 Å². The molecule has 1 nitrogen and oxygen atoms in total. The second-order valence-corrected chi connectivity index (χ2v) is 4.02. The molecule has 0 bridgehead atoms. The quantitative estimate of drug-likeness (QED) is 0.703. The van der Waals surface area contributed by atoms with Gasteiger partial charge in [-0.1, -0.05) is 40.7 Å². The molecule has 14 heavy (non-hydrogen) atoms. The highest BCUT2D eigenvalue weighted by Gasteiger charge is 1.95. The molecule has 1 aromatic carbocycles. The van der Waals surface area contributed by atoms with Gasteiger partial charge in [0.2, 0.25) is 5.24 Å². The molecule has 0 saturated heterocycles. The Balaban J connectivity index is 0.000000364. The third-order valence-corrected chi connectivity index (χ3v) is 2.39. The van der Waals surface area contributed by atoms with E-state index in [-0.39, 0.29) is 5.24 Å². The van der Waals surface area contributed by atoms with Gasteiger partial charge in [-0.05, 0) is 35.7 Å². The summed E-state index contributed by atoms with van der Waals surface area (Å²) >= 11 is 8.07. The van der Waals surface area contributed by atoms with Crippen LogP contribution in [0.3, 0.4) is 0 Å². The highest BCUT2D eigenvalue weighted by atomic mass is 79.9. The van der Waals surface area contributed by atoms with Crippen molar-refractivity contribution in [3.05, 3.63) is 40.4 Å². The van der Waals surface area contributed by atoms with Gasteiger partial charge in [0.05, 0.1) is 0 Å². The maximum absolute atomic E-state index is 9.21. The average Bonchev–Trinajstić information content (AvgIpc) is 2.09. The molecule has 0 aliphatic heterocycles. The van der Waals surface area contributed by atoms with Gasteiger partial charge >= 0.3 is 0 Å². The highest BCUT2D eigenvalue weighted by molar-refractivity contribution is 9.10. The van der Waals surface area contributed by atoms with Crippen LogP contribution in [0.25, 0.3) is 6.08 Å². The van der Waals surface area contributed by atoms with E-state index in [2.05, 4.69) is 41.0 Å². The fourth-order valence-electron chi connectivity index (χ4n) is 0.845. The second kappa shape index (κ2) is 6.80. The van der Waals surface area contributed by atoms with Gasteiger partial charge in [0.25, 0.3) is 0 Å². The molecular weight excluding hydrogens is 263 g/mol. The van der Waals surface area contributed by atoms with Crippen LogP contribution in [-0.2, 0) is 4.79 Å².